The number of anilines is 1. The van der Waals surface area contributed by atoms with Gasteiger partial charge in [0.1, 0.15) is 12.4 Å². The van der Waals surface area contributed by atoms with E-state index in [0.29, 0.717) is 42.5 Å². The van der Waals surface area contributed by atoms with Crippen LogP contribution >= 0.6 is 12.4 Å². The Morgan fingerprint density at radius 2 is 1.75 bits per heavy atom. The maximum absolute atomic E-state index is 13.1. The van der Waals surface area contributed by atoms with Crippen LogP contribution in [0.15, 0.2) is 48.7 Å². The molecule has 8 nitrogen and oxygen atoms in total. The third kappa shape index (κ3) is 6.73. The van der Waals surface area contributed by atoms with Crippen molar-refractivity contribution < 1.29 is 19.1 Å². The SMILES string of the molecule is CCCC(=O)N(CC(=O)OCC)c1ccc2c(C(=O)CCc3ccc(C(=N)N)cc3)cn(C)c2c1.Cl. The minimum atomic E-state index is -0.462. The molecule has 0 atom stereocenters. The third-order valence-electron chi connectivity index (χ3n) is 5.85. The summed E-state index contributed by atoms with van der Waals surface area (Å²) in [5, 5.41) is 8.28. The van der Waals surface area contributed by atoms with Gasteiger partial charge in [-0.15, -0.1) is 12.4 Å². The van der Waals surface area contributed by atoms with Crippen LogP contribution in [0.2, 0.25) is 0 Å². The topological polar surface area (TPSA) is 118 Å². The number of benzene rings is 2. The summed E-state index contributed by atoms with van der Waals surface area (Å²) in [4.78, 5) is 39.4. The Hall–Kier alpha value is -3.65. The fraction of sp³-hybridized carbons (Fsp3) is 0.333. The number of ketones is 1. The van der Waals surface area contributed by atoms with E-state index in [-0.39, 0.29) is 43.1 Å². The van der Waals surface area contributed by atoms with E-state index in [1.54, 1.807) is 31.3 Å². The van der Waals surface area contributed by atoms with Gasteiger partial charge in [0.15, 0.2) is 5.78 Å². The number of hydrogen-bond donors (Lipinski definition) is 2. The Bertz CT molecular complexity index is 1250. The molecule has 1 heterocycles. The van der Waals surface area contributed by atoms with Crippen molar-refractivity contribution in [3.63, 3.8) is 0 Å². The number of Topliss-reactive ketones (excluding diaryl/α,β-unsaturated/α-hetero) is 1. The molecule has 0 saturated carbocycles. The third-order valence-corrected chi connectivity index (χ3v) is 5.85. The number of aryl methyl sites for hydroxylation is 2. The quantitative estimate of drug-likeness (QED) is 0.171. The number of amidine groups is 1. The number of nitrogen functional groups attached to an aromatic ring is 1. The van der Waals surface area contributed by atoms with Gasteiger partial charge in [-0.2, -0.15) is 0 Å². The Morgan fingerprint density at radius 1 is 1.06 bits per heavy atom. The standard InChI is InChI=1S/C27H32N4O4.ClH/c1-4-6-25(33)31(17-26(34)35-5-2)20-12-13-21-22(16-30(3)23(21)15-20)24(32)14-9-18-7-10-19(11-8-18)27(28)29;/h7-8,10-13,15-16H,4-6,9,14,17H2,1-3H3,(H3,28,29);1H. The molecule has 0 spiro atoms. The summed E-state index contributed by atoms with van der Waals surface area (Å²) in [6.07, 6.45) is 3.70. The highest BCUT2D eigenvalue weighted by molar-refractivity contribution is 6.09. The number of aromatic nitrogens is 1. The number of hydrogen-bond acceptors (Lipinski definition) is 5. The first-order valence-corrected chi connectivity index (χ1v) is 11.8. The molecule has 0 saturated heterocycles. The number of nitrogens with two attached hydrogens (primary N) is 1. The summed E-state index contributed by atoms with van der Waals surface area (Å²) in [5.41, 5.74) is 9.15. The molecule has 3 N–H and O–H groups in total. The molecule has 0 aliphatic rings. The van der Waals surface area contributed by atoms with Crippen molar-refractivity contribution in [2.75, 3.05) is 18.1 Å². The molecule has 36 heavy (non-hydrogen) atoms. The maximum Gasteiger partial charge on any atom is 0.326 e. The molecule has 0 radical (unpaired) electrons. The molecule has 2 aromatic carbocycles. The van der Waals surface area contributed by atoms with E-state index in [9.17, 15) is 14.4 Å². The van der Waals surface area contributed by atoms with E-state index in [1.165, 1.54) is 4.90 Å². The van der Waals surface area contributed by atoms with E-state index in [1.807, 2.05) is 42.8 Å². The molecule has 0 bridgehead atoms. The first-order valence-electron chi connectivity index (χ1n) is 11.8. The van der Waals surface area contributed by atoms with Gasteiger partial charge in [-0.05, 0) is 37.5 Å². The van der Waals surface area contributed by atoms with Crippen molar-refractivity contribution >= 4 is 52.5 Å². The van der Waals surface area contributed by atoms with Crippen molar-refractivity contribution in [2.45, 2.75) is 39.5 Å². The fourth-order valence-corrected chi connectivity index (χ4v) is 4.01. The molecule has 9 heteroatoms. The Kier molecular flexibility index (Phi) is 10.2. The fourth-order valence-electron chi connectivity index (χ4n) is 4.01. The number of amides is 1. The van der Waals surface area contributed by atoms with Crippen LogP contribution in [-0.2, 0) is 27.8 Å². The summed E-state index contributed by atoms with van der Waals surface area (Å²) in [6, 6.07) is 12.8. The van der Waals surface area contributed by atoms with Crippen LogP contribution in [0.3, 0.4) is 0 Å². The molecule has 0 aliphatic heterocycles. The van der Waals surface area contributed by atoms with Crippen molar-refractivity contribution in [3.8, 4) is 0 Å². The van der Waals surface area contributed by atoms with Gasteiger partial charge in [0.25, 0.3) is 0 Å². The number of halogens is 1. The summed E-state index contributed by atoms with van der Waals surface area (Å²) in [7, 11) is 1.85. The normalized spacial score (nSPS) is 10.5. The summed E-state index contributed by atoms with van der Waals surface area (Å²) in [6.45, 7) is 3.73. The molecular weight excluding hydrogens is 480 g/mol. The van der Waals surface area contributed by atoms with Crippen LogP contribution in [0.1, 0.15) is 54.6 Å². The second-order valence-corrected chi connectivity index (χ2v) is 8.42. The predicted octanol–water partition coefficient (Wildman–Crippen LogP) is 4.40. The molecule has 1 aromatic heterocycles. The predicted molar refractivity (Wildman–Crippen MR) is 144 cm³/mol. The average Bonchev–Trinajstić information content (AvgIpc) is 3.17. The average molecular weight is 513 g/mol. The van der Waals surface area contributed by atoms with E-state index in [2.05, 4.69) is 0 Å². The number of fused-ring (bicyclic) bond motifs is 1. The highest BCUT2D eigenvalue weighted by Crippen LogP contribution is 2.28. The highest BCUT2D eigenvalue weighted by atomic mass is 35.5. The Morgan fingerprint density at radius 3 is 2.36 bits per heavy atom. The monoisotopic (exact) mass is 512 g/mol. The molecule has 3 aromatic rings. The van der Waals surface area contributed by atoms with Crippen molar-refractivity contribution in [1.29, 1.82) is 5.41 Å². The Balaban J connectivity index is 0.00000456. The van der Waals surface area contributed by atoms with Crippen LogP contribution in [-0.4, -0.2) is 41.2 Å². The number of esters is 1. The second-order valence-electron chi connectivity index (χ2n) is 8.42. The van der Waals surface area contributed by atoms with Crippen LogP contribution in [0.4, 0.5) is 5.69 Å². The molecule has 0 fully saturated rings. The molecule has 0 unspecified atom stereocenters. The first kappa shape index (κ1) is 28.6. The van der Waals surface area contributed by atoms with E-state index >= 15 is 0 Å². The summed E-state index contributed by atoms with van der Waals surface area (Å²) < 4.78 is 6.91. The van der Waals surface area contributed by atoms with Crippen LogP contribution in [0, 0.1) is 5.41 Å². The molecule has 3 rings (SSSR count). The molecular formula is C27H33ClN4O4. The van der Waals surface area contributed by atoms with Crippen LogP contribution in [0.25, 0.3) is 10.9 Å². The van der Waals surface area contributed by atoms with Gasteiger partial charge in [0.05, 0.1) is 12.1 Å². The van der Waals surface area contributed by atoms with Crippen LogP contribution in [0.5, 0.6) is 0 Å². The minimum absolute atomic E-state index is 0. The zero-order valence-electron chi connectivity index (χ0n) is 20.9. The van der Waals surface area contributed by atoms with Gasteiger partial charge in [-0.3, -0.25) is 19.8 Å². The largest absolute Gasteiger partial charge is 0.465 e. The van der Waals surface area contributed by atoms with Gasteiger partial charge in [0.2, 0.25) is 5.91 Å². The van der Waals surface area contributed by atoms with Gasteiger partial charge >= 0.3 is 5.97 Å². The smallest absolute Gasteiger partial charge is 0.326 e. The van der Waals surface area contributed by atoms with Gasteiger partial charge < -0.3 is 19.9 Å². The van der Waals surface area contributed by atoms with E-state index < -0.39 is 5.97 Å². The van der Waals surface area contributed by atoms with Crippen molar-refractivity contribution in [2.24, 2.45) is 12.8 Å². The van der Waals surface area contributed by atoms with Gasteiger partial charge in [-0.1, -0.05) is 37.3 Å². The lowest BCUT2D eigenvalue weighted by molar-refractivity contribution is -0.142. The van der Waals surface area contributed by atoms with E-state index in [0.717, 1.165) is 16.5 Å². The minimum Gasteiger partial charge on any atom is -0.465 e. The highest BCUT2D eigenvalue weighted by Gasteiger charge is 2.21. The summed E-state index contributed by atoms with van der Waals surface area (Å²) >= 11 is 0. The zero-order valence-corrected chi connectivity index (χ0v) is 21.7. The number of rotatable bonds is 11. The van der Waals surface area contributed by atoms with Gasteiger partial charge in [0, 0.05) is 48.3 Å². The first-order chi connectivity index (χ1) is 16.7. The molecule has 192 valence electrons. The lowest BCUT2D eigenvalue weighted by Gasteiger charge is -2.22. The number of carbonyl (C=O) groups is 3. The zero-order chi connectivity index (χ0) is 25.5. The summed E-state index contributed by atoms with van der Waals surface area (Å²) in [5.74, 6) is -0.582. The number of ether oxygens (including phenoxy) is 1. The Labute approximate surface area is 217 Å². The number of nitrogens with one attached hydrogen (secondary N) is 1. The molecule has 1 amide bonds. The number of nitrogens with zero attached hydrogens (tertiary/aromatic N) is 2. The number of carbonyl (C=O) groups excluding carboxylic acids is 3. The lowest BCUT2D eigenvalue weighted by Crippen LogP contribution is -2.36. The maximum atomic E-state index is 13.1. The lowest BCUT2D eigenvalue weighted by atomic mass is 10.0. The van der Waals surface area contributed by atoms with Gasteiger partial charge in [-0.25, -0.2) is 0 Å². The molecule has 0 aliphatic carbocycles. The van der Waals surface area contributed by atoms with Crippen molar-refractivity contribution in [3.05, 3.63) is 65.4 Å². The van der Waals surface area contributed by atoms with E-state index in [4.69, 9.17) is 15.9 Å². The van der Waals surface area contributed by atoms with Crippen molar-refractivity contribution in [1.82, 2.24) is 4.57 Å². The second kappa shape index (κ2) is 12.9. The van der Waals surface area contributed by atoms with Crippen LogP contribution < -0.4 is 10.6 Å².